The molecule has 0 aliphatic carbocycles. The lowest BCUT2D eigenvalue weighted by atomic mass is 9.79. The Hall–Kier alpha value is -0.120. The van der Waals surface area contributed by atoms with Crippen molar-refractivity contribution in [2.45, 2.75) is 26.2 Å². The average molecular weight is 238 g/mol. The van der Waals surface area contributed by atoms with E-state index < -0.39 is 0 Å². The van der Waals surface area contributed by atoms with E-state index in [2.05, 4.69) is 17.1 Å². The molecule has 3 saturated heterocycles. The van der Waals surface area contributed by atoms with Gasteiger partial charge in [-0.05, 0) is 56.1 Å². The largest absolute Gasteiger partial charge is 0.381 e. The van der Waals surface area contributed by atoms with Crippen LogP contribution in [0.3, 0.4) is 0 Å². The van der Waals surface area contributed by atoms with Gasteiger partial charge in [0.05, 0.1) is 0 Å². The van der Waals surface area contributed by atoms with E-state index in [9.17, 15) is 0 Å². The van der Waals surface area contributed by atoms with Gasteiger partial charge < -0.3 is 15.0 Å². The summed E-state index contributed by atoms with van der Waals surface area (Å²) in [4.78, 5) is 2.72. The average Bonchev–Trinajstić information content (AvgIpc) is 2.60. The second kappa shape index (κ2) is 4.87. The Morgan fingerprint density at radius 2 is 2.06 bits per heavy atom. The van der Waals surface area contributed by atoms with Gasteiger partial charge in [-0.2, -0.15) is 0 Å². The maximum atomic E-state index is 5.51. The molecule has 0 aromatic carbocycles. The number of likely N-dealkylation sites (tertiary alicyclic amines) is 1. The molecule has 3 heteroatoms. The Kier molecular flexibility index (Phi) is 3.42. The SMILES string of the molecule is CC(CN1CCC2(CCOCC2)C1)C1CNC1. The number of hydrogen-bond donors (Lipinski definition) is 1. The molecule has 1 atom stereocenters. The Labute approximate surface area is 105 Å². The van der Waals surface area contributed by atoms with Crippen molar-refractivity contribution in [3.8, 4) is 0 Å². The zero-order valence-corrected chi connectivity index (χ0v) is 11.1. The number of nitrogens with one attached hydrogen (secondary N) is 1. The molecule has 17 heavy (non-hydrogen) atoms. The number of rotatable bonds is 3. The molecular formula is C14H26N2O. The highest BCUT2D eigenvalue weighted by molar-refractivity contribution is 4.92. The molecule has 3 heterocycles. The second-order valence-corrected chi connectivity index (χ2v) is 6.49. The highest BCUT2D eigenvalue weighted by atomic mass is 16.5. The van der Waals surface area contributed by atoms with Crippen LogP contribution in [-0.4, -0.2) is 50.8 Å². The van der Waals surface area contributed by atoms with E-state index in [4.69, 9.17) is 4.74 Å². The molecule has 1 N–H and O–H groups in total. The van der Waals surface area contributed by atoms with E-state index in [1.165, 1.54) is 52.0 Å². The van der Waals surface area contributed by atoms with Crippen LogP contribution < -0.4 is 5.32 Å². The first-order valence-electron chi connectivity index (χ1n) is 7.28. The fourth-order valence-corrected chi connectivity index (χ4v) is 3.67. The molecule has 0 saturated carbocycles. The van der Waals surface area contributed by atoms with Gasteiger partial charge in [-0.3, -0.25) is 0 Å². The van der Waals surface area contributed by atoms with E-state index >= 15 is 0 Å². The van der Waals surface area contributed by atoms with E-state index in [-0.39, 0.29) is 0 Å². The molecule has 3 aliphatic rings. The zero-order valence-electron chi connectivity index (χ0n) is 11.1. The van der Waals surface area contributed by atoms with Crippen molar-refractivity contribution in [3.05, 3.63) is 0 Å². The van der Waals surface area contributed by atoms with Gasteiger partial charge >= 0.3 is 0 Å². The Morgan fingerprint density at radius 1 is 1.29 bits per heavy atom. The fraction of sp³-hybridized carbons (Fsp3) is 1.00. The molecule has 3 rings (SSSR count). The quantitative estimate of drug-likeness (QED) is 0.803. The smallest absolute Gasteiger partial charge is 0.0471 e. The topological polar surface area (TPSA) is 24.5 Å². The molecule has 3 fully saturated rings. The van der Waals surface area contributed by atoms with E-state index in [1.807, 2.05) is 0 Å². The standard InChI is InChI=1S/C14H26N2O/c1-12(13-8-15-9-13)10-16-5-2-14(11-16)3-6-17-7-4-14/h12-13,15H,2-11H2,1H3. The lowest BCUT2D eigenvalue weighted by molar-refractivity contribution is 0.0181. The van der Waals surface area contributed by atoms with Crippen LogP contribution in [0.5, 0.6) is 0 Å². The van der Waals surface area contributed by atoms with Gasteiger partial charge in [0.15, 0.2) is 0 Å². The van der Waals surface area contributed by atoms with Crippen LogP contribution in [0.25, 0.3) is 0 Å². The number of nitrogens with zero attached hydrogens (tertiary/aromatic N) is 1. The predicted molar refractivity (Wildman–Crippen MR) is 69.1 cm³/mol. The molecular weight excluding hydrogens is 212 g/mol. The third-order valence-electron chi connectivity index (χ3n) is 5.23. The Bertz CT molecular complexity index is 259. The minimum atomic E-state index is 0.621. The first-order chi connectivity index (χ1) is 8.27. The molecule has 0 bridgehead atoms. The van der Waals surface area contributed by atoms with Crippen LogP contribution in [0.1, 0.15) is 26.2 Å². The summed E-state index contributed by atoms with van der Waals surface area (Å²) in [5, 5.41) is 3.39. The lowest BCUT2D eigenvalue weighted by Crippen LogP contribution is -2.48. The van der Waals surface area contributed by atoms with E-state index in [0.29, 0.717) is 5.41 Å². The maximum absolute atomic E-state index is 5.51. The van der Waals surface area contributed by atoms with Gasteiger partial charge in [0, 0.05) is 26.3 Å². The number of hydrogen-bond acceptors (Lipinski definition) is 3. The van der Waals surface area contributed by atoms with Crippen molar-refractivity contribution in [1.82, 2.24) is 10.2 Å². The van der Waals surface area contributed by atoms with Crippen LogP contribution in [-0.2, 0) is 4.74 Å². The minimum absolute atomic E-state index is 0.621. The second-order valence-electron chi connectivity index (χ2n) is 6.49. The van der Waals surface area contributed by atoms with Gasteiger partial charge in [0.2, 0.25) is 0 Å². The summed E-state index contributed by atoms with van der Waals surface area (Å²) in [5.41, 5.74) is 0.621. The normalized spacial score (nSPS) is 31.6. The monoisotopic (exact) mass is 238 g/mol. The zero-order chi connectivity index (χ0) is 11.7. The number of ether oxygens (including phenoxy) is 1. The van der Waals surface area contributed by atoms with E-state index in [0.717, 1.165) is 25.0 Å². The van der Waals surface area contributed by atoms with Gasteiger partial charge in [0.1, 0.15) is 0 Å². The third-order valence-corrected chi connectivity index (χ3v) is 5.23. The summed E-state index contributed by atoms with van der Waals surface area (Å²) in [6.45, 7) is 10.9. The van der Waals surface area contributed by atoms with Gasteiger partial charge in [0.25, 0.3) is 0 Å². The van der Waals surface area contributed by atoms with Gasteiger partial charge in [-0.15, -0.1) is 0 Å². The molecule has 3 aliphatic heterocycles. The van der Waals surface area contributed by atoms with Crippen molar-refractivity contribution in [1.29, 1.82) is 0 Å². The van der Waals surface area contributed by atoms with Gasteiger partial charge in [-0.25, -0.2) is 0 Å². The third kappa shape index (κ3) is 2.51. The van der Waals surface area contributed by atoms with Crippen LogP contribution in [0.2, 0.25) is 0 Å². The van der Waals surface area contributed by atoms with Crippen molar-refractivity contribution in [2.75, 3.05) is 45.9 Å². The molecule has 1 spiro atoms. The highest BCUT2D eigenvalue weighted by Crippen LogP contribution is 2.40. The minimum Gasteiger partial charge on any atom is -0.381 e. The Morgan fingerprint density at radius 3 is 2.71 bits per heavy atom. The molecule has 0 aromatic rings. The first kappa shape index (κ1) is 11.9. The summed E-state index contributed by atoms with van der Waals surface area (Å²) in [7, 11) is 0. The summed E-state index contributed by atoms with van der Waals surface area (Å²) < 4.78 is 5.51. The molecule has 1 unspecified atom stereocenters. The highest BCUT2D eigenvalue weighted by Gasteiger charge is 2.40. The van der Waals surface area contributed by atoms with Crippen LogP contribution >= 0.6 is 0 Å². The van der Waals surface area contributed by atoms with Crippen LogP contribution in [0, 0.1) is 17.3 Å². The molecule has 3 nitrogen and oxygen atoms in total. The summed E-state index contributed by atoms with van der Waals surface area (Å²) in [6, 6.07) is 0. The fourth-order valence-electron chi connectivity index (χ4n) is 3.67. The molecule has 98 valence electrons. The van der Waals surface area contributed by atoms with Gasteiger partial charge in [-0.1, -0.05) is 6.92 Å². The van der Waals surface area contributed by atoms with E-state index in [1.54, 1.807) is 0 Å². The molecule has 0 radical (unpaired) electrons. The molecule has 0 amide bonds. The summed E-state index contributed by atoms with van der Waals surface area (Å²) >= 11 is 0. The maximum Gasteiger partial charge on any atom is 0.0471 e. The van der Waals surface area contributed by atoms with Crippen LogP contribution in [0.4, 0.5) is 0 Å². The van der Waals surface area contributed by atoms with Crippen molar-refractivity contribution < 1.29 is 4.74 Å². The molecule has 0 aromatic heterocycles. The lowest BCUT2D eigenvalue weighted by Gasteiger charge is -2.36. The Balaban J connectivity index is 1.49. The van der Waals surface area contributed by atoms with Crippen molar-refractivity contribution in [2.24, 2.45) is 17.3 Å². The van der Waals surface area contributed by atoms with Crippen molar-refractivity contribution in [3.63, 3.8) is 0 Å². The first-order valence-corrected chi connectivity index (χ1v) is 7.28. The van der Waals surface area contributed by atoms with Crippen LogP contribution in [0.15, 0.2) is 0 Å². The predicted octanol–water partition coefficient (Wildman–Crippen LogP) is 1.34. The van der Waals surface area contributed by atoms with Crippen molar-refractivity contribution >= 4 is 0 Å². The summed E-state index contributed by atoms with van der Waals surface area (Å²) in [5.74, 6) is 1.80. The summed E-state index contributed by atoms with van der Waals surface area (Å²) in [6.07, 6.45) is 4.00.